The van der Waals surface area contributed by atoms with Crippen molar-refractivity contribution in [3.63, 3.8) is 0 Å². The van der Waals surface area contributed by atoms with Crippen molar-refractivity contribution in [2.24, 2.45) is 9.98 Å². The number of carbonyl (C=O) groups excluding carboxylic acids is 1. The van der Waals surface area contributed by atoms with Gasteiger partial charge in [0.15, 0.2) is 5.66 Å². The van der Waals surface area contributed by atoms with Crippen LogP contribution < -0.4 is 10.1 Å². The van der Waals surface area contributed by atoms with E-state index in [0.717, 1.165) is 53.7 Å². The largest absolute Gasteiger partial charge is 0.497 e. The first-order valence-corrected chi connectivity index (χ1v) is 12.7. The number of hydrogen-bond acceptors (Lipinski definition) is 6. The van der Waals surface area contributed by atoms with Crippen molar-refractivity contribution in [2.45, 2.75) is 44.7 Å². The molecule has 2 aromatic rings. The zero-order valence-corrected chi connectivity index (χ0v) is 21.5. The number of amides is 1. The van der Waals surface area contributed by atoms with Crippen LogP contribution in [-0.2, 0) is 10.2 Å². The number of piperidine rings is 1. The Labute approximate surface area is 206 Å². The predicted molar refractivity (Wildman–Crippen MR) is 143 cm³/mol. The van der Waals surface area contributed by atoms with Gasteiger partial charge in [-0.1, -0.05) is 56.8 Å². The fraction of sp³-hybridized carbons (Fsp3) is 0.444. The molecule has 2 aliphatic rings. The first-order valence-electron chi connectivity index (χ1n) is 11.7. The number of aliphatic imine (C=N–C) groups is 2. The van der Waals surface area contributed by atoms with Crippen molar-refractivity contribution in [1.82, 2.24) is 4.90 Å². The Kier molecular flexibility index (Phi) is 7.14. The number of methoxy groups -OCH3 is 1. The summed E-state index contributed by atoms with van der Waals surface area (Å²) in [5.74, 6) is 0.971. The molecular weight excluding hydrogens is 444 g/mol. The Morgan fingerprint density at radius 3 is 2.29 bits per heavy atom. The average Bonchev–Trinajstić information content (AvgIpc) is 3.18. The first kappa shape index (κ1) is 24.5. The molecule has 0 unspecified atom stereocenters. The summed E-state index contributed by atoms with van der Waals surface area (Å²) in [6, 6.07) is 16.0. The second-order valence-electron chi connectivity index (χ2n) is 10.1. The summed E-state index contributed by atoms with van der Waals surface area (Å²) >= 11 is 1.47. The molecule has 2 heterocycles. The molecule has 1 fully saturated rings. The Hall–Kier alpha value is -2.64. The van der Waals surface area contributed by atoms with Gasteiger partial charge in [0.1, 0.15) is 10.8 Å². The van der Waals surface area contributed by atoms with Crippen molar-refractivity contribution in [3.8, 4) is 5.75 Å². The Bertz CT molecular complexity index is 1080. The molecule has 1 saturated heterocycles. The molecule has 4 rings (SSSR count). The maximum Gasteiger partial charge on any atom is 0.234 e. The van der Waals surface area contributed by atoms with Crippen molar-refractivity contribution in [1.29, 1.82) is 0 Å². The van der Waals surface area contributed by atoms with Gasteiger partial charge in [0.2, 0.25) is 5.91 Å². The van der Waals surface area contributed by atoms with E-state index in [1.807, 2.05) is 24.3 Å². The van der Waals surface area contributed by atoms with E-state index in [9.17, 15) is 4.79 Å². The van der Waals surface area contributed by atoms with E-state index in [-0.39, 0.29) is 17.1 Å². The first-order chi connectivity index (χ1) is 16.2. The molecule has 0 saturated carbocycles. The SMILES string of the molecule is COc1ccc(NC(=O)CSC2=NC3(CCN(C)CC3)N=C2c2ccc(C(C)(C)C)cc2)cc1. The lowest BCUT2D eigenvalue weighted by molar-refractivity contribution is -0.113. The molecule has 0 bridgehead atoms. The lowest BCUT2D eigenvalue weighted by Crippen LogP contribution is -2.39. The Balaban J connectivity index is 1.50. The van der Waals surface area contributed by atoms with Gasteiger partial charge >= 0.3 is 0 Å². The van der Waals surface area contributed by atoms with E-state index >= 15 is 0 Å². The molecule has 0 radical (unpaired) electrons. The molecule has 6 nitrogen and oxygen atoms in total. The van der Waals surface area contributed by atoms with Crippen molar-refractivity contribution >= 4 is 34.1 Å². The summed E-state index contributed by atoms with van der Waals surface area (Å²) in [4.78, 5) is 25.2. The van der Waals surface area contributed by atoms with Crippen LogP contribution in [0.1, 0.15) is 44.7 Å². The maximum absolute atomic E-state index is 12.7. The Morgan fingerprint density at radius 1 is 1.06 bits per heavy atom. The highest BCUT2D eigenvalue weighted by Crippen LogP contribution is 2.35. The van der Waals surface area contributed by atoms with Crippen LogP contribution in [0.5, 0.6) is 5.75 Å². The van der Waals surface area contributed by atoms with Crippen LogP contribution in [0.3, 0.4) is 0 Å². The third kappa shape index (κ3) is 5.70. The zero-order chi connectivity index (χ0) is 24.3. The van der Waals surface area contributed by atoms with Gasteiger partial charge < -0.3 is 15.0 Å². The van der Waals surface area contributed by atoms with Gasteiger partial charge in [0.05, 0.1) is 18.6 Å². The molecule has 2 aliphatic heterocycles. The zero-order valence-electron chi connectivity index (χ0n) is 20.7. The van der Waals surface area contributed by atoms with E-state index < -0.39 is 5.66 Å². The number of thioether (sulfide) groups is 1. The summed E-state index contributed by atoms with van der Waals surface area (Å²) in [5, 5.41) is 3.82. The van der Waals surface area contributed by atoms with Gasteiger partial charge in [-0.3, -0.25) is 9.79 Å². The minimum absolute atomic E-state index is 0.0652. The van der Waals surface area contributed by atoms with Crippen LogP contribution in [0, 0.1) is 0 Å². The van der Waals surface area contributed by atoms with E-state index in [0.29, 0.717) is 0 Å². The van der Waals surface area contributed by atoms with Crippen molar-refractivity contribution in [2.75, 3.05) is 38.3 Å². The number of nitrogens with one attached hydrogen (secondary N) is 1. The summed E-state index contributed by atoms with van der Waals surface area (Å²) < 4.78 is 5.18. The third-order valence-electron chi connectivity index (χ3n) is 6.36. The quantitative estimate of drug-likeness (QED) is 0.658. The number of anilines is 1. The lowest BCUT2D eigenvalue weighted by Gasteiger charge is -2.33. The average molecular weight is 479 g/mol. The fourth-order valence-corrected chi connectivity index (χ4v) is 5.02. The smallest absolute Gasteiger partial charge is 0.234 e. The van der Waals surface area contributed by atoms with Gasteiger partial charge in [-0.2, -0.15) is 0 Å². The van der Waals surface area contributed by atoms with Gasteiger partial charge in [-0.15, -0.1) is 0 Å². The van der Waals surface area contributed by atoms with Gasteiger partial charge in [-0.25, -0.2) is 4.99 Å². The minimum atomic E-state index is -0.403. The second kappa shape index (κ2) is 9.92. The molecule has 0 atom stereocenters. The number of ether oxygens (including phenoxy) is 1. The molecule has 34 heavy (non-hydrogen) atoms. The highest BCUT2D eigenvalue weighted by Gasteiger charge is 2.39. The van der Waals surface area contributed by atoms with Crippen LogP contribution >= 0.6 is 11.8 Å². The van der Waals surface area contributed by atoms with Crippen molar-refractivity contribution in [3.05, 3.63) is 59.7 Å². The van der Waals surface area contributed by atoms with Crippen LogP contribution in [0.4, 0.5) is 5.69 Å². The summed E-state index contributed by atoms with van der Waals surface area (Å²) in [5.41, 5.74) is 3.69. The molecule has 1 spiro atoms. The highest BCUT2D eigenvalue weighted by molar-refractivity contribution is 8.16. The van der Waals surface area contributed by atoms with E-state index in [1.165, 1.54) is 17.3 Å². The van der Waals surface area contributed by atoms with Gasteiger partial charge in [-0.05, 0) is 42.3 Å². The molecule has 180 valence electrons. The number of hydrogen-bond donors (Lipinski definition) is 1. The number of carbonyl (C=O) groups is 1. The maximum atomic E-state index is 12.7. The molecular formula is C27H34N4O2S. The molecule has 1 amide bonds. The number of nitrogens with zero attached hydrogens (tertiary/aromatic N) is 3. The van der Waals surface area contributed by atoms with E-state index in [2.05, 4.69) is 62.3 Å². The van der Waals surface area contributed by atoms with Gasteiger partial charge in [0.25, 0.3) is 0 Å². The van der Waals surface area contributed by atoms with Crippen molar-refractivity contribution < 1.29 is 9.53 Å². The predicted octanol–water partition coefficient (Wildman–Crippen LogP) is 4.99. The highest BCUT2D eigenvalue weighted by atomic mass is 32.2. The fourth-order valence-electron chi connectivity index (χ4n) is 4.15. The summed E-state index contributed by atoms with van der Waals surface area (Å²) in [7, 11) is 3.76. The minimum Gasteiger partial charge on any atom is -0.497 e. The van der Waals surface area contributed by atoms with E-state index in [4.69, 9.17) is 14.7 Å². The molecule has 0 aliphatic carbocycles. The van der Waals surface area contributed by atoms with Crippen LogP contribution in [-0.4, -0.2) is 60.2 Å². The number of rotatable bonds is 5. The number of benzene rings is 2. The normalized spacial score (nSPS) is 17.9. The lowest BCUT2D eigenvalue weighted by atomic mass is 9.86. The molecule has 0 aromatic heterocycles. The van der Waals surface area contributed by atoms with E-state index in [1.54, 1.807) is 7.11 Å². The molecule has 7 heteroatoms. The standard InChI is InChI=1S/C27H34N4O2S/c1-26(2,3)20-8-6-19(7-9-20)24-25(30-27(29-24)14-16-31(4)17-15-27)34-18-23(32)28-21-10-12-22(33-5)13-11-21/h6-13H,14-18H2,1-5H3,(H,28,32). The van der Waals surface area contributed by atoms with Crippen LogP contribution in [0.15, 0.2) is 58.5 Å². The Morgan fingerprint density at radius 2 is 1.71 bits per heavy atom. The van der Waals surface area contributed by atoms with Crippen LogP contribution in [0.2, 0.25) is 0 Å². The molecule has 2 aromatic carbocycles. The monoisotopic (exact) mass is 478 g/mol. The topological polar surface area (TPSA) is 66.3 Å². The third-order valence-corrected chi connectivity index (χ3v) is 7.32. The second-order valence-corrected chi connectivity index (χ2v) is 11.0. The summed E-state index contributed by atoms with van der Waals surface area (Å²) in [6.45, 7) is 8.59. The molecule has 1 N–H and O–H groups in total. The van der Waals surface area contributed by atoms with Crippen LogP contribution in [0.25, 0.3) is 0 Å². The summed E-state index contributed by atoms with van der Waals surface area (Å²) in [6.07, 6.45) is 1.80. The number of likely N-dealkylation sites (tertiary alicyclic amines) is 1. The van der Waals surface area contributed by atoms with Gasteiger partial charge in [0, 0.05) is 37.2 Å².